The summed E-state index contributed by atoms with van der Waals surface area (Å²) in [6.45, 7) is 7.12. The van der Waals surface area contributed by atoms with E-state index in [1.807, 2.05) is 31.2 Å². The molecule has 2 aromatic rings. The highest BCUT2D eigenvalue weighted by atomic mass is 32.1. The third-order valence-electron chi connectivity index (χ3n) is 6.41. The number of amides is 3. The highest BCUT2D eigenvalue weighted by Crippen LogP contribution is 2.35. The molecule has 0 radical (unpaired) electrons. The van der Waals surface area contributed by atoms with E-state index in [0.29, 0.717) is 30.4 Å². The third kappa shape index (κ3) is 6.54. The second-order valence-electron chi connectivity index (χ2n) is 9.52. The van der Waals surface area contributed by atoms with Crippen molar-refractivity contribution in [2.24, 2.45) is 11.7 Å². The van der Waals surface area contributed by atoms with E-state index in [1.165, 1.54) is 0 Å². The predicted molar refractivity (Wildman–Crippen MR) is 141 cm³/mol. The molecule has 196 valence electrons. The van der Waals surface area contributed by atoms with Crippen LogP contribution >= 0.6 is 11.5 Å². The number of nitrogens with one attached hydrogen (secondary N) is 1. The van der Waals surface area contributed by atoms with Crippen molar-refractivity contribution in [2.75, 3.05) is 18.9 Å². The Morgan fingerprint density at radius 3 is 2.39 bits per heavy atom. The number of hydrogen-bond donors (Lipinski definition) is 3. The van der Waals surface area contributed by atoms with Crippen molar-refractivity contribution in [3.63, 3.8) is 0 Å². The lowest BCUT2D eigenvalue weighted by Gasteiger charge is -2.39. The van der Waals surface area contributed by atoms with E-state index in [4.69, 9.17) is 16.2 Å². The van der Waals surface area contributed by atoms with E-state index in [2.05, 4.69) is 23.5 Å². The molecule has 1 atom stereocenters. The highest BCUT2D eigenvalue weighted by Gasteiger charge is 2.39. The van der Waals surface area contributed by atoms with Crippen LogP contribution in [0.1, 0.15) is 91.1 Å². The molecule has 10 heteroatoms. The Hall–Kier alpha value is -3.14. The number of ether oxygens (including phenoxy) is 1. The summed E-state index contributed by atoms with van der Waals surface area (Å²) in [5, 5.41) is 3.03. The average molecular weight is 516 g/mol. The molecule has 1 fully saturated rings. The number of aromatic nitrogens is 1. The quantitative estimate of drug-likeness (QED) is 0.414. The van der Waals surface area contributed by atoms with Gasteiger partial charge in [0.25, 0.3) is 11.8 Å². The lowest BCUT2D eigenvalue weighted by Crippen LogP contribution is -2.49. The van der Waals surface area contributed by atoms with E-state index in [1.54, 1.807) is 4.90 Å². The molecule has 3 amide bonds. The van der Waals surface area contributed by atoms with E-state index < -0.39 is 17.9 Å². The molecule has 1 aromatic heterocycles. The third-order valence-corrected chi connectivity index (χ3v) is 7.26. The van der Waals surface area contributed by atoms with Crippen LogP contribution in [0, 0.1) is 5.92 Å². The molecule has 0 aliphatic heterocycles. The molecule has 1 aliphatic rings. The van der Waals surface area contributed by atoms with Gasteiger partial charge in [0.05, 0.1) is 12.3 Å². The smallest absolute Gasteiger partial charge is 0.270 e. The van der Waals surface area contributed by atoms with Crippen molar-refractivity contribution >= 4 is 34.9 Å². The SMILES string of the molecule is CCOc1ccc(C(C(=O)NCCC(C)C)N(C(=O)c2snc(C(N)=O)c2N)C2CCCCC2)cc1. The van der Waals surface area contributed by atoms with Crippen LogP contribution in [0.4, 0.5) is 5.69 Å². The van der Waals surface area contributed by atoms with Crippen molar-refractivity contribution in [3.05, 3.63) is 40.4 Å². The molecule has 0 saturated heterocycles. The topological polar surface area (TPSA) is 141 Å². The Bertz CT molecular complexity index is 1050. The summed E-state index contributed by atoms with van der Waals surface area (Å²) in [5.74, 6) is -0.344. The lowest BCUT2D eigenvalue weighted by molar-refractivity contribution is -0.127. The maximum atomic E-state index is 14.0. The summed E-state index contributed by atoms with van der Waals surface area (Å²) in [6.07, 6.45) is 5.39. The van der Waals surface area contributed by atoms with Gasteiger partial charge in [0.15, 0.2) is 5.69 Å². The van der Waals surface area contributed by atoms with Gasteiger partial charge in [0.1, 0.15) is 16.7 Å². The molecule has 1 unspecified atom stereocenters. The summed E-state index contributed by atoms with van der Waals surface area (Å²) in [4.78, 5) is 41.2. The molecule has 9 nitrogen and oxygen atoms in total. The first-order chi connectivity index (χ1) is 17.2. The number of carbonyl (C=O) groups excluding carboxylic acids is 3. The van der Waals surface area contributed by atoms with Crippen LogP contribution in [-0.2, 0) is 4.79 Å². The first kappa shape index (κ1) is 27.4. The van der Waals surface area contributed by atoms with Crippen LogP contribution in [0.2, 0.25) is 0 Å². The van der Waals surface area contributed by atoms with E-state index in [9.17, 15) is 14.4 Å². The molecule has 0 bridgehead atoms. The number of anilines is 1. The molecule has 5 N–H and O–H groups in total. The van der Waals surface area contributed by atoms with Crippen LogP contribution in [-0.4, -0.2) is 46.2 Å². The van der Waals surface area contributed by atoms with Gasteiger partial charge in [-0.3, -0.25) is 14.4 Å². The number of primary amides is 1. The summed E-state index contributed by atoms with van der Waals surface area (Å²) < 4.78 is 9.60. The van der Waals surface area contributed by atoms with Gasteiger partial charge in [-0.1, -0.05) is 45.2 Å². The molecular formula is C26H37N5O4S. The lowest BCUT2D eigenvalue weighted by atomic mass is 9.91. The second kappa shape index (κ2) is 12.7. The highest BCUT2D eigenvalue weighted by molar-refractivity contribution is 7.09. The first-order valence-corrected chi connectivity index (χ1v) is 13.4. The van der Waals surface area contributed by atoms with Gasteiger partial charge in [0, 0.05) is 12.6 Å². The van der Waals surface area contributed by atoms with E-state index in [0.717, 1.165) is 50.1 Å². The van der Waals surface area contributed by atoms with Crippen LogP contribution < -0.4 is 21.5 Å². The second-order valence-corrected chi connectivity index (χ2v) is 10.3. The first-order valence-electron chi connectivity index (χ1n) is 12.6. The Kier molecular flexibility index (Phi) is 9.69. The van der Waals surface area contributed by atoms with Crippen LogP contribution in [0.3, 0.4) is 0 Å². The molecular weight excluding hydrogens is 478 g/mol. The molecule has 1 aromatic carbocycles. The zero-order valence-electron chi connectivity index (χ0n) is 21.3. The predicted octanol–water partition coefficient (Wildman–Crippen LogP) is 3.90. The van der Waals surface area contributed by atoms with Crippen molar-refractivity contribution in [2.45, 2.75) is 71.4 Å². The number of nitrogen functional groups attached to an aromatic ring is 1. The number of benzene rings is 1. The van der Waals surface area contributed by atoms with Gasteiger partial charge >= 0.3 is 0 Å². The molecule has 1 heterocycles. The van der Waals surface area contributed by atoms with Crippen molar-refractivity contribution in [3.8, 4) is 5.75 Å². The maximum absolute atomic E-state index is 14.0. The Morgan fingerprint density at radius 1 is 1.17 bits per heavy atom. The van der Waals surface area contributed by atoms with Crippen LogP contribution in [0.25, 0.3) is 0 Å². The molecule has 0 spiro atoms. The Morgan fingerprint density at radius 2 is 1.83 bits per heavy atom. The number of hydrogen-bond acceptors (Lipinski definition) is 7. The van der Waals surface area contributed by atoms with Gasteiger partial charge in [-0.25, -0.2) is 0 Å². The number of rotatable bonds is 11. The van der Waals surface area contributed by atoms with E-state index in [-0.39, 0.29) is 28.2 Å². The minimum absolute atomic E-state index is 0.0380. The van der Waals surface area contributed by atoms with Gasteiger partial charge in [-0.15, -0.1) is 0 Å². The summed E-state index contributed by atoms with van der Waals surface area (Å²) >= 11 is 0.841. The maximum Gasteiger partial charge on any atom is 0.270 e. The Labute approximate surface area is 216 Å². The molecule has 1 aliphatic carbocycles. The van der Waals surface area contributed by atoms with Gasteiger partial charge < -0.3 is 26.4 Å². The fraction of sp³-hybridized carbons (Fsp3) is 0.538. The number of carbonyl (C=O) groups is 3. The average Bonchev–Trinajstić information content (AvgIpc) is 3.24. The molecule has 3 rings (SSSR count). The van der Waals surface area contributed by atoms with Gasteiger partial charge in [-0.2, -0.15) is 4.37 Å². The monoisotopic (exact) mass is 515 g/mol. The van der Waals surface area contributed by atoms with Crippen molar-refractivity contribution in [1.29, 1.82) is 0 Å². The fourth-order valence-corrected chi connectivity index (χ4v) is 5.28. The number of nitrogens with zero attached hydrogens (tertiary/aromatic N) is 2. The normalized spacial score (nSPS) is 14.9. The fourth-order valence-electron chi connectivity index (χ4n) is 4.53. The Balaban J connectivity index is 2.05. The van der Waals surface area contributed by atoms with Crippen molar-refractivity contribution in [1.82, 2.24) is 14.6 Å². The van der Waals surface area contributed by atoms with Gasteiger partial charge in [-0.05, 0) is 61.3 Å². The zero-order chi connectivity index (χ0) is 26.2. The van der Waals surface area contributed by atoms with Crippen molar-refractivity contribution < 1.29 is 19.1 Å². The van der Waals surface area contributed by atoms with Crippen LogP contribution in [0.5, 0.6) is 5.75 Å². The summed E-state index contributed by atoms with van der Waals surface area (Å²) in [5.41, 5.74) is 12.0. The summed E-state index contributed by atoms with van der Waals surface area (Å²) in [6, 6.07) is 6.24. The minimum atomic E-state index is -0.873. The van der Waals surface area contributed by atoms with Gasteiger partial charge in [0.2, 0.25) is 5.91 Å². The minimum Gasteiger partial charge on any atom is -0.494 e. The molecule has 1 saturated carbocycles. The number of nitrogens with two attached hydrogens (primary N) is 2. The summed E-state index contributed by atoms with van der Waals surface area (Å²) in [7, 11) is 0. The van der Waals surface area contributed by atoms with E-state index >= 15 is 0 Å². The van der Waals surface area contributed by atoms with Crippen LogP contribution in [0.15, 0.2) is 24.3 Å². The largest absolute Gasteiger partial charge is 0.494 e. The zero-order valence-corrected chi connectivity index (χ0v) is 22.1. The molecule has 36 heavy (non-hydrogen) atoms. The standard InChI is InChI=1S/C26H37N5O4S/c1-4-35-19-12-10-17(11-13-19)22(25(33)29-15-14-16(2)3)31(18-8-6-5-7-9-18)26(34)23-20(27)21(24(28)32)30-36-23/h10-13,16,18,22H,4-9,14-15,27H2,1-3H3,(H2,28,32)(H,29,33).